The highest BCUT2D eigenvalue weighted by atomic mass is 16.5. The summed E-state index contributed by atoms with van der Waals surface area (Å²) in [5.41, 5.74) is 8.30. The molecule has 0 saturated carbocycles. The van der Waals surface area contributed by atoms with Gasteiger partial charge in [0.15, 0.2) is 5.82 Å². The smallest absolute Gasteiger partial charge is 0.350 e. The first-order chi connectivity index (χ1) is 18.7. The molecule has 2 aromatic heterocycles. The number of hydrogen-bond donors (Lipinski definition) is 5. The van der Waals surface area contributed by atoms with E-state index in [4.69, 9.17) is 30.5 Å². The number of aromatic nitrogens is 5. The fraction of sp³-hybridized carbons (Fsp3) is 0.231. The molecule has 0 saturated heterocycles. The van der Waals surface area contributed by atoms with Gasteiger partial charge in [-0.1, -0.05) is 6.07 Å². The molecule has 0 bridgehead atoms. The summed E-state index contributed by atoms with van der Waals surface area (Å²) in [6, 6.07) is 14.1. The topological polar surface area (TPSA) is 194 Å². The van der Waals surface area contributed by atoms with Gasteiger partial charge in [0.2, 0.25) is 0 Å². The number of rotatable bonds is 10. The lowest BCUT2D eigenvalue weighted by atomic mass is 10.0. The minimum Gasteiger partial charge on any atom is -0.497 e. The number of aromatic amines is 1. The summed E-state index contributed by atoms with van der Waals surface area (Å²) in [7, 11) is 3.25. The van der Waals surface area contributed by atoms with E-state index in [1.165, 1.54) is 0 Å². The summed E-state index contributed by atoms with van der Waals surface area (Å²) in [4.78, 5) is 32.8. The normalized spacial score (nSPS) is 11.2. The van der Waals surface area contributed by atoms with E-state index in [9.17, 15) is 4.79 Å². The van der Waals surface area contributed by atoms with Crippen molar-refractivity contribution in [1.29, 1.82) is 5.41 Å². The van der Waals surface area contributed by atoms with Gasteiger partial charge in [-0.2, -0.15) is 0 Å². The monoisotopic (exact) mass is 534 g/mol. The number of hydrogen-bond acceptors (Lipinski definition) is 9. The fourth-order valence-corrected chi connectivity index (χ4v) is 3.56. The first kappa shape index (κ1) is 28.5. The maximum atomic E-state index is 12.7. The Bertz CT molecular complexity index is 1450. The standard InChI is InChI=1S/C24H26N8O3.C2H4O2/c1-34-11-8-15-12-17(14-19(13-15)35-2)20(29-18-6-4-16(5-7-18)21(25)26)22-30-24(33)32(31-22)23-27-9-3-10-28-23;1-2(3)4/h3-7,9-10,12-14,20,29H,8,11H2,1-2H3,(H3,25,26)(H,30,31,33);1H3,(H,3,4). The van der Waals surface area contributed by atoms with Crippen molar-refractivity contribution in [2.24, 2.45) is 5.73 Å². The Morgan fingerprint density at radius 1 is 1.18 bits per heavy atom. The van der Waals surface area contributed by atoms with Crippen molar-refractivity contribution in [2.45, 2.75) is 19.4 Å². The van der Waals surface area contributed by atoms with E-state index in [1.54, 1.807) is 44.8 Å². The molecule has 6 N–H and O–H groups in total. The van der Waals surface area contributed by atoms with Crippen molar-refractivity contribution in [3.8, 4) is 11.7 Å². The van der Waals surface area contributed by atoms with Crippen LogP contribution in [0.3, 0.4) is 0 Å². The molecular weight excluding hydrogens is 504 g/mol. The van der Waals surface area contributed by atoms with Crippen LogP contribution in [-0.2, 0) is 16.0 Å². The maximum absolute atomic E-state index is 12.7. The van der Waals surface area contributed by atoms with Crippen molar-refractivity contribution >= 4 is 17.5 Å². The van der Waals surface area contributed by atoms with Gasteiger partial charge < -0.3 is 25.6 Å². The second-order valence-electron chi connectivity index (χ2n) is 8.22. The number of H-pyrrole nitrogens is 1. The predicted molar refractivity (Wildman–Crippen MR) is 145 cm³/mol. The van der Waals surface area contributed by atoms with Crippen LogP contribution in [0.25, 0.3) is 5.95 Å². The molecule has 13 heteroatoms. The Morgan fingerprint density at radius 2 is 1.85 bits per heavy atom. The summed E-state index contributed by atoms with van der Waals surface area (Å²) in [5.74, 6) is 0.343. The van der Waals surface area contributed by atoms with Crippen LogP contribution in [0, 0.1) is 5.41 Å². The van der Waals surface area contributed by atoms with Gasteiger partial charge >= 0.3 is 5.69 Å². The van der Waals surface area contributed by atoms with E-state index in [1.807, 2.05) is 30.3 Å². The van der Waals surface area contributed by atoms with Gasteiger partial charge in [-0.05, 0) is 60.0 Å². The van der Waals surface area contributed by atoms with E-state index in [-0.39, 0.29) is 11.8 Å². The molecule has 0 aliphatic rings. The van der Waals surface area contributed by atoms with E-state index < -0.39 is 17.7 Å². The lowest BCUT2D eigenvalue weighted by Gasteiger charge is -2.20. The van der Waals surface area contributed by atoms with E-state index >= 15 is 0 Å². The van der Waals surface area contributed by atoms with Crippen LogP contribution in [0.4, 0.5) is 5.69 Å². The largest absolute Gasteiger partial charge is 0.497 e. The summed E-state index contributed by atoms with van der Waals surface area (Å²) in [6.07, 6.45) is 3.77. The summed E-state index contributed by atoms with van der Waals surface area (Å²) >= 11 is 0. The zero-order valence-corrected chi connectivity index (χ0v) is 21.7. The number of nitrogens with two attached hydrogens (primary N) is 1. The molecule has 1 atom stereocenters. The maximum Gasteiger partial charge on any atom is 0.350 e. The third-order valence-electron chi connectivity index (χ3n) is 5.31. The Labute approximate surface area is 224 Å². The molecular formula is C26H30N8O5. The molecule has 2 heterocycles. The van der Waals surface area contributed by atoms with Crippen LogP contribution in [0.15, 0.2) is 65.7 Å². The Balaban J connectivity index is 0.000000983. The molecule has 39 heavy (non-hydrogen) atoms. The average molecular weight is 535 g/mol. The molecule has 0 aliphatic heterocycles. The van der Waals surface area contributed by atoms with Crippen LogP contribution in [0.2, 0.25) is 0 Å². The molecule has 1 unspecified atom stereocenters. The van der Waals surface area contributed by atoms with Crippen molar-refractivity contribution in [1.82, 2.24) is 24.7 Å². The SMILES string of the molecule is CC(=O)O.COCCc1cc(OC)cc(C(Nc2ccc(C(=N)N)cc2)c2nn(-c3ncccn3)c(=O)[nH]2)c1. The number of benzene rings is 2. The molecule has 4 aromatic rings. The molecule has 0 spiro atoms. The molecule has 0 aliphatic carbocycles. The number of anilines is 1. The van der Waals surface area contributed by atoms with Crippen LogP contribution < -0.4 is 21.5 Å². The van der Waals surface area contributed by atoms with Gasteiger partial charge in [0.1, 0.15) is 17.6 Å². The molecule has 204 valence electrons. The molecule has 13 nitrogen and oxygen atoms in total. The van der Waals surface area contributed by atoms with Crippen LogP contribution in [0.5, 0.6) is 5.75 Å². The third kappa shape index (κ3) is 7.97. The zero-order chi connectivity index (χ0) is 28.4. The lowest BCUT2D eigenvalue weighted by molar-refractivity contribution is -0.134. The van der Waals surface area contributed by atoms with Crippen molar-refractivity contribution in [3.05, 3.63) is 93.9 Å². The zero-order valence-electron chi connectivity index (χ0n) is 21.7. The number of carboxylic acids is 1. The number of carboxylic acid groups (broad SMARTS) is 1. The number of aliphatic carboxylic acids is 1. The number of nitrogen functional groups attached to an aromatic ring is 1. The second kappa shape index (κ2) is 13.5. The number of amidine groups is 1. The highest BCUT2D eigenvalue weighted by Crippen LogP contribution is 2.29. The lowest BCUT2D eigenvalue weighted by Crippen LogP contribution is -2.18. The first-order valence-electron chi connectivity index (χ1n) is 11.8. The van der Waals surface area contributed by atoms with Gasteiger partial charge in [-0.15, -0.1) is 9.78 Å². The molecule has 2 aromatic carbocycles. The quantitative estimate of drug-likeness (QED) is 0.149. The highest BCUT2D eigenvalue weighted by molar-refractivity contribution is 5.95. The number of methoxy groups -OCH3 is 2. The Morgan fingerprint density at radius 3 is 2.44 bits per heavy atom. The van der Waals surface area contributed by atoms with Crippen molar-refractivity contribution < 1.29 is 19.4 Å². The highest BCUT2D eigenvalue weighted by Gasteiger charge is 2.22. The average Bonchev–Trinajstić information content (AvgIpc) is 3.31. The third-order valence-corrected chi connectivity index (χ3v) is 5.31. The van der Waals surface area contributed by atoms with Crippen molar-refractivity contribution in [3.63, 3.8) is 0 Å². The minimum absolute atomic E-state index is 0.0189. The van der Waals surface area contributed by atoms with Gasteiger partial charge in [0.05, 0.1) is 13.7 Å². The van der Waals surface area contributed by atoms with Gasteiger partial charge in [0, 0.05) is 37.7 Å². The van der Waals surface area contributed by atoms with Crippen LogP contribution in [0.1, 0.15) is 35.5 Å². The number of nitrogens with zero attached hydrogens (tertiary/aromatic N) is 4. The van der Waals surface area contributed by atoms with Gasteiger partial charge in [-0.3, -0.25) is 15.2 Å². The van der Waals surface area contributed by atoms with E-state index in [2.05, 4.69) is 25.4 Å². The Hall–Kier alpha value is -5.04. The fourth-order valence-electron chi connectivity index (χ4n) is 3.56. The Kier molecular flexibility index (Phi) is 9.87. The second-order valence-corrected chi connectivity index (χ2v) is 8.22. The van der Waals surface area contributed by atoms with E-state index in [0.717, 1.165) is 28.4 Å². The number of ether oxygens (including phenoxy) is 2. The molecule has 0 amide bonds. The van der Waals surface area contributed by atoms with Crippen LogP contribution in [-0.4, -0.2) is 62.5 Å². The number of carbonyl (C=O) groups is 1. The van der Waals surface area contributed by atoms with Gasteiger partial charge in [0.25, 0.3) is 11.9 Å². The first-order valence-corrected chi connectivity index (χ1v) is 11.8. The summed E-state index contributed by atoms with van der Waals surface area (Å²) in [5, 5.41) is 22.9. The molecule has 4 rings (SSSR count). The van der Waals surface area contributed by atoms with Crippen molar-refractivity contribution in [2.75, 3.05) is 26.1 Å². The minimum atomic E-state index is -0.833. The predicted octanol–water partition coefficient (Wildman–Crippen LogP) is 2.12. The number of nitrogens with one attached hydrogen (secondary N) is 3. The van der Waals surface area contributed by atoms with Gasteiger partial charge in [-0.25, -0.2) is 14.8 Å². The molecule has 0 fully saturated rings. The summed E-state index contributed by atoms with van der Waals surface area (Å²) in [6.45, 7) is 1.63. The molecule has 0 radical (unpaired) electrons. The van der Waals surface area contributed by atoms with Crippen LogP contribution >= 0.6 is 0 Å². The summed E-state index contributed by atoms with van der Waals surface area (Å²) < 4.78 is 11.9. The van der Waals surface area contributed by atoms with E-state index in [0.29, 0.717) is 30.2 Å².